The first kappa shape index (κ1) is 14.5. The molecule has 7 heteroatoms. The number of rotatable bonds is 3. The molecule has 7 nitrogen and oxygen atoms in total. The fraction of sp³-hybridized carbons (Fsp3) is 0.235. The molecule has 1 fully saturated rings. The molecule has 3 aromatic rings. The molecule has 24 heavy (non-hydrogen) atoms. The van der Waals surface area contributed by atoms with Gasteiger partial charge in [0.25, 0.3) is 5.91 Å². The molecule has 0 aliphatic carbocycles. The number of pyridine rings is 1. The lowest BCUT2D eigenvalue weighted by molar-refractivity contribution is 0.0726. The summed E-state index contributed by atoms with van der Waals surface area (Å²) in [6.45, 7) is 0.710. The van der Waals surface area contributed by atoms with Gasteiger partial charge in [0.15, 0.2) is 0 Å². The number of carbonyl (C=O) groups excluding carboxylic acids is 1. The Morgan fingerprint density at radius 2 is 2.12 bits per heavy atom. The lowest BCUT2D eigenvalue weighted by atomic mass is 10.1. The summed E-state index contributed by atoms with van der Waals surface area (Å²) in [7, 11) is 0. The van der Waals surface area contributed by atoms with Crippen molar-refractivity contribution in [2.24, 2.45) is 0 Å². The monoisotopic (exact) mass is 320 g/mol. The number of hydrogen-bond donors (Lipinski definition) is 1. The van der Waals surface area contributed by atoms with Gasteiger partial charge in [-0.05, 0) is 31.0 Å². The van der Waals surface area contributed by atoms with E-state index in [-0.39, 0.29) is 11.9 Å². The summed E-state index contributed by atoms with van der Waals surface area (Å²) in [6, 6.07) is 5.49. The Morgan fingerprint density at radius 1 is 1.21 bits per heavy atom. The Bertz CT molecular complexity index is 833. The first-order valence-electron chi connectivity index (χ1n) is 7.85. The van der Waals surface area contributed by atoms with E-state index in [1.807, 2.05) is 17.0 Å². The minimum atomic E-state index is -0.0641. The maximum atomic E-state index is 12.9. The highest BCUT2D eigenvalue weighted by Gasteiger charge is 2.32. The van der Waals surface area contributed by atoms with Crippen LogP contribution in [0.4, 0.5) is 0 Å². The number of aromatic amines is 1. The van der Waals surface area contributed by atoms with Gasteiger partial charge in [0.2, 0.25) is 0 Å². The third kappa shape index (κ3) is 2.64. The van der Waals surface area contributed by atoms with Crippen LogP contribution in [-0.4, -0.2) is 42.5 Å². The molecule has 1 aliphatic rings. The zero-order valence-corrected chi connectivity index (χ0v) is 13.0. The molecule has 0 aromatic carbocycles. The van der Waals surface area contributed by atoms with Crippen LogP contribution in [0.1, 0.15) is 35.1 Å². The molecule has 1 N–H and O–H groups in total. The summed E-state index contributed by atoms with van der Waals surface area (Å²) in [6.07, 6.45) is 10.3. The zero-order chi connectivity index (χ0) is 16.4. The highest BCUT2D eigenvalue weighted by atomic mass is 16.2. The SMILES string of the molecule is O=C(c1cc(-c2cccnc2)n[nH]1)N1CCC[C@H]1c1cnccn1. The van der Waals surface area contributed by atoms with Crippen LogP contribution < -0.4 is 0 Å². The number of aromatic nitrogens is 5. The molecule has 0 spiro atoms. The van der Waals surface area contributed by atoms with Gasteiger partial charge in [-0.2, -0.15) is 5.10 Å². The predicted molar refractivity (Wildman–Crippen MR) is 86.9 cm³/mol. The van der Waals surface area contributed by atoms with Crippen LogP contribution in [0.5, 0.6) is 0 Å². The van der Waals surface area contributed by atoms with Gasteiger partial charge in [-0.3, -0.25) is 24.8 Å². The summed E-state index contributed by atoms with van der Waals surface area (Å²) in [5, 5.41) is 7.08. The molecular weight excluding hydrogens is 304 g/mol. The molecule has 0 saturated carbocycles. The van der Waals surface area contributed by atoms with Crippen LogP contribution in [0.15, 0.2) is 49.2 Å². The predicted octanol–water partition coefficient (Wildman–Crippen LogP) is 2.24. The van der Waals surface area contributed by atoms with Crippen LogP contribution in [0.3, 0.4) is 0 Å². The minimum Gasteiger partial charge on any atom is -0.329 e. The fourth-order valence-electron chi connectivity index (χ4n) is 3.05. The Balaban J connectivity index is 1.58. The second kappa shape index (κ2) is 6.19. The van der Waals surface area contributed by atoms with Gasteiger partial charge < -0.3 is 4.90 Å². The van der Waals surface area contributed by atoms with E-state index in [0.29, 0.717) is 17.9 Å². The van der Waals surface area contributed by atoms with Crippen molar-refractivity contribution >= 4 is 5.91 Å². The van der Waals surface area contributed by atoms with E-state index in [2.05, 4.69) is 25.1 Å². The van der Waals surface area contributed by atoms with Gasteiger partial charge in [0.1, 0.15) is 5.69 Å². The molecule has 4 rings (SSSR count). The second-order valence-electron chi connectivity index (χ2n) is 5.70. The third-order valence-electron chi connectivity index (χ3n) is 4.20. The lowest BCUT2D eigenvalue weighted by Crippen LogP contribution is -2.31. The number of amides is 1. The molecule has 3 aromatic heterocycles. The van der Waals surface area contributed by atoms with Gasteiger partial charge in [0, 0.05) is 36.9 Å². The maximum absolute atomic E-state index is 12.9. The van der Waals surface area contributed by atoms with Crippen LogP contribution in [0.2, 0.25) is 0 Å². The second-order valence-corrected chi connectivity index (χ2v) is 5.70. The molecule has 1 atom stereocenters. The normalized spacial score (nSPS) is 17.2. The number of H-pyrrole nitrogens is 1. The van der Waals surface area contributed by atoms with E-state index in [4.69, 9.17) is 0 Å². The average molecular weight is 320 g/mol. The number of carbonyl (C=O) groups is 1. The highest BCUT2D eigenvalue weighted by molar-refractivity contribution is 5.93. The minimum absolute atomic E-state index is 0.0312. The van der Waals surface area contributed by atoms with Crippen molar-refractivity contribution in [2.45, 2.75) is 18.9 Å². The summed E-state index contributed by atoms with van der Waals surface area (Å²) in [5.41, 5.74) is 2.89. The van der Waals surface area contributed by atoms with Crippen molar-refractivity contribution in [1.29, 1.82) is 0 Å². The topological polar surface area (TPSA) is 87.7 Å². The molecule has 1 amide bonds. The number of nitrogens with one attached hydrogen (secondary N) is 1. The molecule has 120 valence electrons. The standard InChI is InChI=1S/C17H16N6O/c24-17(14-9-13(21-22-14)12-3-1-5-18-10-12)23-8-2-4-16(23)15-11-19-6-7-20-15/h1,3,5-7,9-11,16H,2,4,8H2,(H,21,22)/t16-/m0/s1. The Kier molecular flexibility index (Phi) is 3.74. The number of hydrogen-bond acceptors (Lipinski definition) is 5. The summed E-state index contributed by atoms with van der Waals surface area (Å²) < 4.78 is 0. The largest absolute Gasteiger partial charge is 0.329 e. The highest BCUT2D eigenvalue weighted by Crippen LogP contribution is 2.31. The Labute approximate surface area is 138 Å². The van der Waals surface area contributed by atoms with Gasteiger partial charge in [-0.1, -0.05) is 0 Å². The molecule has 1 saturated heterocycles. The van der Waals surface area contributed by atoms with Crippen molar-refractivity contribution in [2.75, 3.05) is 6.54 Å². The van der Waals surface area contributed by atoms with Crippen LogP contribution >= 0.6 is 0 Å². The van der Waals surface area contributed by atoms with Crippen molar-refractivity contribution in [3.05, 3.63) is 60.6 Å². The molecule has 4 heterocycles. The summed E-state index contributed by atoms with van der Waals surface area (Å²) >= 11 is 0. The van der Waals surface area contributed by atoms with E-state index < -0.39 is 0 Å². The summed E-state index contributed by atoms with van der Waals surface area (Å²) in [5.74, 6) is -0.0641. The zero-order valence-electron chi connectivity index (χ0n) is 13.0. The lowest BCUT2D eigenvalue weighted by Gasteiger charge is -2.23. The fourth-order valence-corrected chi connectivity index (χ4v) is 3.05. The van der Waals surface area contributed by atoms with E-state index in [0.717, 1.165) is 24.1 Å². The van der Waals surface area contributed by atoms with Gasteiger partial charge in [-0.15, -0.1) is 0 Å². The van der Waals surface area contributed by atoms with Crippen LogP contribution in [-0.2, 0) is 0 Å². The number of nitrogens with zero attached hydrogens (tertiary/aromatic N) is 5. The molecule has 1 aliphatic heterocycles. The molecule has 0 bridgehead atoms. The molecular formula is C17H16N6O. The van der Waals surface area contributed by atoms with Crippen molar-refractivity contribution in [1.82, 2.24) is 30.0 Å². The van der Waals surface area contributed by atoms with Gasteiger partial charge in [-0.25, -0.2) is 0 Å². The van der Waals surface area contributed by atoms with Crippen molar-refractivity contribution in [3.8, 4) is 11.3 Å². The summed E-state index contributed by atoms with van der Waals surface area (Å²) in [4.78, 5) is 27.2. The van der Waals surface area contributed by atoms with Gasteiger partial charge >= 0.3 is 0 Å². The van der Waals surface area contributed by atoms with E-state index in [1.54, 1.807) is 37.1 Å². The quantitative estimate of drug-likeness (QED) is 0.799. The smallest absolute Gasteiger partial charge is 0.272 e. The van der Waals surface area contributed by atoms with Gasteiger partial charge in [0.05, 0.1) is 23.6 Å². The van der Waals surface area contributed by atoms with Crippen molar-refractivity contribution < 1.29 is 4.79 Å². The Morgan fingerprint density at radius 3 is 2.92 bits per heavy atom. The Hall–Kier alpha value is -3.09. The number of likely N-dealkylation sites (tertiary alicyclic amines) is 1. The van der Waals surface area contributed by atoms with E-state index in [1.165, 1.54) is 0 Å². The third-order valence-corrected chi connectivity index (χ3v) is 4.20. The first-order chi connectivity index (χ1) is 11.8. The van der Waals surface area contributed by atoms with Crippen LogP contribution in [0, 0.1) is 0 Å². The molecule has 0 radical (unpaired) electrons. The molecule has 0 unspecified atom stereocenters. The van der Waals surface area contributed by atoms with E-state index in [9.17, 15) is 4.79 Å². The maximum Gasteiger partial charge on any atom is 0.272 e. The van der Waals surface area contributed by atoms with Crippen LogP contribution in [0.25, 0.3) is 11.3 Å². The first-order valence-corrected chi connectivity index (χ1v) is 7.85. The van der Waals surface area contributed by atoms with Crippen molar-refractivity contribution in [3.63, 3.8) is 0 Å². The van der Waals surface area contributed by atoms with E-state index >= 15 is 0 Å². The average Bonchev–Trinajstić information content (AvgIpc) is 3.32.